The van der Waals surface area contributed by atoms with Gasteiger partial charge in [-0.2, -0.15) is 0 Å². The maximum atomic E-state index is 12.8. The largest absolute Gasteiger partial charge is 0.354 e. The monoisotopic (exact) mass is 494 g/mol. The van der Waals surface area contributed by atoms with E-state index in [4.69, 9.17) is 0 Å². The van der Waals surface area contributed by atoms with Gasteiger partial charge in [0.2, 0.25) is 11.8 Å². The molecule has 0 rings (SSSR count). The molecule has 35 heavy (non-hydrogen) atoms. The number of ketones is 1. The van der Waals surface area contributed by atoms with Crippen LogP contribution in [0.25, 0.3) is 0 Å². The molecule has 5 heteroatoms. The lowest BCUT2D eigenvalue weighted by molar-refractivity contribution is -0.129. The molecule has 0 unspecified atom stereocenters. The Bertz CT molecular complexity index is 621. The number of carbonyl (C=O) groups is 3. The molecular weight excluding hydrogens is 436 g/mol. The quantitative estimate of drug-likeness (QED) is 0.207. The van der Waals surface area contributed by atoms with Crippen molar-refractivity contribution in [1.29, 1.82) is 0 Å². The van der Waals surface area contributed by atoms with Crippen LogP contribution in [-0.4, -0.2) is 30.2 Å². The van der Waals surface area contributed by atoms with Gasteiger partial charge in [-0.3, -0.25) is 14.4 Å². The van der Waals surface area contributed by atoms with Crippen molar-refractivity contribution in [2.75, 3.05) is 6.54 Å². The third kappa shape index (κ3) is 22.8. The van der Waals surface area contributed by atoms with Crippen LogP contribution in [0.3, 0.4) is 0 Å². The van der Waals surface area contributed by atoms with E-state index in [1.165, 1.54) is 0 Å². The zero-order valence-electron chi connectivity index (χ0n) is 24.7. The number of hydrogen-bond acceptors (Lipinski definition) is 3. The predicted molar refractivity (Wildman–Crippen MR) is 148 cm³/mol. The number of Topliss-reactive ketones (excluding diaryl/α,β-unsaturated/α-hetero) is 1. The van der Waals surface area contributed by atoms with Gasteiger partial charge < -0.3 is 10.6 Å². The third-order valence-electron chi connectivity index (χ3n) is 6.24. The molecule has 2 N–H and O–H groups in total. The summed E-state index contributed by atoms with van der Waals surface area (Å²) in [5.41, 5.74) is 0.659. The maximum Gasteiger partial charge on any atom is 0.242 e. The molecule has 0 radical (unpaired) electrons. The summed E-state index contributed by atoms with van der Waals surface area (Å²) >= 11 is 0. The normalized spacial score (nSPS) is 13.4. The fourth-order valence-electron chi connectivity index (χ4n) is 3.93. The average Bonchev–Trinajstić information content (AvgIpc) is 2.68. The lowest BCUT2D eigenvalue weighted by atomic mass is 9.89. The van der Waals surface area contributed by atoms with Crippen molar-refractivity contribution in [2.45, 2.75) is 152 Å². The Morgan fingerprint density at radius 3 is 1.71 bits per heavy atom. The maximum absolute atomic E-state index is 12.8. The van der Waals surface area contributed by atoms with Gasteiger partial charge in [0.25, 0.3) is 0 Å². The topological polar surface area (TPSA) is 75.3 Å². The molecule has 5 nitrogen and oxygen atoms in total. The number of rotatable bonds is 17. The first-order chi connectivity index (χ1) is 16.0. The molecule has 2 amide bonds. The van der Waals surface area contributed by atoms with E-state index in [9.17, 15) is 14.4 Å². The van der Waals surface area contributed by atoms with E-state index in [0.717, 1.165) is 57.8 Å². The van der Waals surface area contributed by atoms with Gasteiger partial charge in [-0.15, -0.1) is 0 Å². The highest BCUT2D eigenvalue weighted by atomic mass is 16.2. The number of amides is 2. The number of carbonyl (C=O) groups excluding carboxylic acids is 3. The van der Waals surface area contributed by atoms with Crippen LogP contribution in [0.2, 0.25) is 0 Å². The summed E-state index contributed by atoms with van der Waals surface area (Å²) < 4.78 is 0. The van der Waals surface area contributed by atoms with Gasteiger partial charge in [0.05, 0.1) is 0 Å². The molecule has 0 spiro atoms. The molecule has 206 valence electrons. The van der Waals surface area contributed by atoms with Crippen LogP contribution in [0, 0.1) is 16.2 Å². The second-order valence-corrected chi connectivity index (χ2v) is 14.0. The van der Waals surface area contributed by atoms with Gasteiger partial charge in [-0.25, -0.2) is 0 Å². The predicted octanol–water partition coefficient (Wildman–Crippen LogP) is 7.37. The van der Waals surface area contributed by atoms with E-state index < -0.39 is 6.04 Å². The minimum Gasteiger partial charge on any atom is -0.354 e. The van der Waals surface area contributed by atoms with Crippen LogP contribution in [-0.2, 0) is 14.4 Å². The Morgan fingerprint density at radius 1 is 0.600 bits per heavy atom. The third-order valence-corrected chi connectivity index (χ3v) is 6.24. The zero-order chi connectivity index (χ0) is 27.1. The van der Waals surface area contributed by atoms with Crippen LogP contribution in [0.4, 0.5) is 0 Å². The van der Waals surface area contributed by atoms with Gasteiger partial charge in [0.15, 0.2) is 0 Å². The summed E-state index contributed by atoms with van der Waals surface area (Å²) in [7, 11) is 0. The van der Waals surface area contributed by atoms with Crippen LogP contribution in [0.1, 0.15) is 146 Å². The van der Waals surface area contributed by atoms with Crippen molar-refractivity contribution in [3.8, 4) is 0 Å². The molecule has 0 aliphatic carbocycles. The van der Waals surface area contributed by atoms with Crippen molar-refractivity contribution in [3.63, 3.8) is 0 Å². The summed E-state index contributed by atoms with van der Waals surface area (Å²) in [4.78, 5) is 37.4. The molecule has 0 aliphatic heterocycles. The van der Waals surface area contributed by atoms with Crippen LogP contribution < -0.4 is 10.6 Å². The Morgan fingerprint density at radius 2 is 1.14 bits per heavy atom. The Labute approximate surface area is 217 Å². The standard InChI is InChI=1S/C30H58N2O3/c1-28(2,3)20-13-12-18-25(32-26(34)19-22-30(7,8)9)27(35)31-23-14-10-11-16-24(33)17-15-21-29(4,5)6/h25H,10-23H2,1-9H3,(H,31,35)(H,32,34)/t25-/m0/s1. The SMILES string of the molecule is CC(C)(C)CCCC[C@H](NC(=O)CCC(C)(C)C)C(=O)NCCCCCC(=O)CCCC(C)(C)C. The van der Waals surface area contributed by atoms with Crippen LogP contribution in [0.5, 0.6) is 0 Å². The highest BCUT2D eigenvalue weighted by Crippen LogP contribution is 2.23. The summed E-state index contributed by atoms with van der Waals surface area (Å²) in [6.45, 7) is 20.3. The van der Waals surface area contributed by atoms with E-state index >= 15 is 0 Å². The van der Waals surface area contributed by atoms with E-state index in [2.05, 4.69) is 72.9 Å². The molecule has 1 atom stereocenters. The molecule has 0 bridgehead atoms. The first-order valence-corrected chi connectivity index (χ1v) is 14.1. The van der Waals surface area contributed by atoms with Crippen LogP contribution >= 0.6 is 0 Å². The molecule has 0 aromatic rings. The zero-order valence-corrected chi connectivity index (χ0v) is 24.7. The first kappa shape index (κ1) is 33.6. The van der Waals surface area contributed by atoms with Crippen LogP contribution in [0.15, 0.2) is 0 Å². The Balaban J connectivity index is 4.38. The summed E-state index contributed by atoms with van der Waals surface area (Å²) in [5.74, 6) is 0.232. The second kappa shape index (κ2) is 16.4. The van der Waals surface area contributed by atoms with Crippen molar-refractivity contribution in [3.05, 3.63) is 0 Å². The summed E-state index contributed by atoms with van der Waals surface area (Å²) in [6.07, 6.45) is 11.0. The minimum absolute atomic E-state index is 0.0409. The van der Waals surface area contributed by atoms with Crippen molar-refractivity contribution < 1.29 is 14.4 Å². The highest BCUT2D eigenvalue weighted by Gasteiger charge is 2.22. The lowest BCUT2D eigenvalue weighted by Gasteiger charge is -2.22. The molecule has 0 heterocycles. The molecular formula is C30H58N2O3. The van der Waals surface area contributed by atoms with E-state index in [1.807, 2.05) is 0 Å². The fraction of sp³-hybridized carbons (Fsp3) is 0.900. The summed E-state index contributed by atoms with van der Waals surface area (Å²) in [5, 5.41) is 6.01. The number of unbranched alkanes of at least 4 members (excludes halogenated alkanes) is 3. The molecule has 0 aliphatic rings. The second-order valence-electron chi connectivity index (χ2n) is 14.0. The van der Waals surface area contributed by atoms with Gasteiger partial charge in [0.1, 0.15) is 11.8 Å². The number of nitrogens with one attached hydrogen (secondary N) is 2. The Hall–Kier alpha value is -1.39. The van der Waals surface area contributed by atoms with Gasteiger partial charge >= 0.3 is 0 Å². The molecule has 0 fully saturated rings. The first-order valence-electron chi connectivity index (χ1n) is 14.1. The summed E-state index contributed by atoms with van der Waals surface area (Å²) in [6, 6.07) is -0.466. The molecule has 0 saturated carbocycles. The smallest absolute Gasteiger partial charge is 0.242 e. The van der Waals surface area contributed by atoms with E-state index in [1.54, 1.807) is 0 Å². The average molecular weight is 495 g/mol. The lowest BCUT2D eigenvalue weighted by Crippen LogP contribution is -2.47. The van der Waals surface area contributed by atoms with Gasteiger partial charge in [0, 0.05) is 25.8 Å². The molecule has 0 aromatic carbocycles. The highest BCUT2D eigenvalue weighted by molar-refractivity contribution is 5.87. The fourth-order valence-corrected chi connectivity index (χ4v) is 3.93. The van der Waals surface area contributed by atoms with Gasteiger partial charge in [-0.1, -0.05) is 81.6 Å². The van der Waals surface area contributed by atoms with Crippen molar-refractivity contribution >= 4 is 17.6 Å². The Kier molecular flexibility index (Phi) is 15.7. The molecule has 0 saturated heterocycles. The van der Waals surface area contributed by atoms with Crippen molar-refractivity contribution in [1.82, 2.24) is 10.6 Å². The molecule has 0 aromatic heterocycles. The van der Waals surface area contributed by atoms with E-state index in [0.29, 0.717) is 38.0 Å². The minimum atomic E-state index is -0.466. The van der Waals surface area contributed by atoms with E-state index in [-0.39, 0.29) is 28.1 Å². The van der Waals surface area contributed by atoms with Crippen molar-refractivity contribution in [2.24, 2.45) is 16.2 Å². The van der Waals surface area contributed by atoms with Gasteiger partial charge in [-0.05, 0) is 61.2 Å². The number of hydrogen-bond donors (Lipinski definition) is 2.